The normalized spacial score (nSPS) is 20.4. The van der Waals surface area contributed by atoms with Gasteiger partial charge in [-0.15, -0.1) is 0 Å². The molecular weight excluding hydrogens is 419 g/mol. The van der Waals surface area contributed by atoms with Gasteiger partial charge < -0.3 is 25.8 Å². The number of likely N-dealkylation sites (tertiary alicyclic amines) is 1. The number of aromatic nitrogens is 2. The molecule has 0 unspecified atom stereocenters. The van der Waals surface area contributed by atoms with E-state index in [1.165, 1.54) is 12.1 Å². The number of nitrogens with two attached hydrogens (primary N) is 2. The van der Waals surface area contributed by atoms with Crippen LogP contribution in [0.25, 0.3) is 0 Å². The van der Waals surface area contributed by atoms with Crippen molar-refractivity contribution in [3.8, 4) is 0 Å². The van der Waals surface area contributed by atoms with Crippen LogP contribution in [0.4, 0.5) is 15.9 Å². The molecule has 0 radical (unpaired) electrons. The van der Waals surface area contributed by atoms with E-state index in [-0.39, 0.29) is 29.3 Å². The number of likely N-dealkylation sites (N-methyl/N-ethyl adjacent to an activating group) is 1. The molecule has 0 aliphatic carbocycles. The van der Waals surface area contributed by atoms with E-state index in [2.05, 4.69) is 15.8 Å². The van der Waals surface area contributed by atoms with Gasteiger partial charge in [-0.1, -0.05) is 0 Å². The molecule has 0 bridgehead atoms. The minimum Gasteiger partial charge on any atom is -0.365 e. The van der Waals surface area contributed by atoms with Gasteiger partial charge in [0.15, 0.2) is 5.82 Å². The zero-order valence-electron chi connectivity index (χ0n) is 18.2. The van der Waals surface area contributed by atoms with Gasteiger partial charge >= 0.3 is 0 Å². The number of nitrogens with zero attached hydrogens (tertiary/aromatic N) is 4. The third-order valence-corrected chi connectivity index (χ3v) is 5.38. The van der Waals surface area contributed by atoms with Gasteiger partial charge in [-0.05, 0) is 44.8 Å². The molecule has 0 spiro atoms. The Kier molecular flexibility index (Phi) is 8.12. The summed E-state index contributed by atoms with van der Waals surface area (Å²) in [4.78, 5) is 15.7. The molecule has 0 saturated carbocycles. The number of primary amides is 1. The van der Waals surface area contributed by atoms with Gasteiger partial charge in [-0.25, -0.2) is 4.39 Å². The highest BCUT2D eigenvalue weighted by molar-refractivity contribution is 5.98. The number of ether oxygens (including phenoxy) is 1. The number of amides is 1. The molecule has 1 aliphatic rings. The zero-order chi connectivity index (χ0) is 23.3. The van der Waals surface area contributed by atoms with Crippen LogP contribution in [-0.4, -0.2) is 83.4 Å². The summed E-state index contributed by atoms with van der Waals surface area (Å²) < 4.78 is 20.3. The quantitative estimate of drug-likeness (QED) is 0.189. The first-order chi connectivity index (χ1) is 15.3. The number of carbonyl (C=O) groups is 1. The average Bonchev–Trinajstić information content (AvgIpc) is 3.18. The second kappa shape index (κ2) is 10.8. The zero-order valence-corrected chi connectivity index (χ0v) is 18.2. The predicted molar refractivity (Wildman–Crippen MR) is 117 cm³/mol. The summed E-state index contributed by atoms with van der Waals surface area (Å²) in [5.41, 5.74) is 9.09. The lowest BCUT2D eigenvalue weighted by molar-refractivity contribution is -0.202. The molecule has 7 N–H and O–H groups in total. The van der Waals surface area contributed by atoms with Gasteiger partial charge in [0.05, 0.1) is 18.7 Å². The van der Waals surface area contributed by atoms with Crippen LogP contribution in [0.15, 0.2) is 30.5 Å². The number of aliphatic hydroxyl groups is 1. The van der Waals surface area contributed by atoms with E-state index in [0.717, 1.165) is 0 Å². The number of hydrogen-bond donors (Lipinski definition) is 5. The Morgan fingerprint density at radius 1 is 1.41 bits per heavy atom. The number of nitrogens with one attached hydrogen (secondary N) is 2. The van der Waals surface area contributed by atoms with Gasteiger partial charge in [0.2, 0.25) is 6.41 Å². The maximum atomic E-state index is 13.2. The first kappa shape index (κ1) is 24.0. The van der Waals surface area contributed by atoms with Gasteiger partial charge in [-0.2, -0.15) is 5.10 Å². The molecule has 1 aliphatic heterocycles. The highest BCUT2D eigenvalue weighted by Crippen LogP contribution is 2.27. The van der Waals surface area contributed by atoms with Crippen LogP contribution >= 0.6 is 0 Å². The monoisotopic (exact) mass is 450 g/mol. The van der Waals surface area contributed by atoms with Gasteiger partial charge in [0.1, 0.15) is 11.4 Å². The third-order valence-electron chi connectivity index (χ3n) is 5.38. The second-order valence-electron chi connectivity index (χ2n) is 7.99. The lowest BCUT2D eigenvalue weighted by Crippen LogP contribution is -2.56. The third kappa shape index (κ3) is 6.00. The standard InChI is InChI=1S/C20H31FN8O3/c1-27(2)9-10-32-20(31)28-8-7-17(16(12-28)25-23)29-11-15(18(22)30)19(26-29)24-14-5-3-13(21)4-6-14/h3-6,11,16-17,20,25,31H,7-10,12,23H2,1-2H3,(H2,22,30)(H,24,26)/t16-,17-,20-/m1/s1. The van der Waals surface area contributed by atoms with Crippen molar-refractivity contribution in [1.82, 2.24) is 25.0 Å². The number of benzene rings is 1. The number of carbonyl (C=O) groups excluding carboxylic acids is 1. The number of aliphatic hydroxyl groups excluding tert-OH is 1. The Hall–Kier alpha value is -2.61. The summed E-state index contributed by atoms with van der Waals surface area (Å²) in [7, 11) is 3.86. The fraction of sp³-hybridized carbons (Fsp3) is 0.500. The minimum atomic E-state index is -1.04. The van der Waals surface area contributed by atoms with Crippen LogP contribution < -0.4 is 22.3 Å². The molecule has 1 aromatic heterocycles. The van der Waals surface area contributed by atoms with E-state index < -0.39 is 12.3 Å². The van der Waals surface area contributed by atoms with Crippen LogP contribution in [0.2, 0.25) is 0 Å². The molecule has 1 saturated heterocycles. The number of hydrogen-bond acceptors (Lipinski definition) is 9. The van der Waals surface area contributed by atoms with Crippen molar-refractivity contribution in [3.63, 3.8) is 0 Å². The molecule has 3 rings (SSSR count). The maximum absolute atomic E-state index is 13.2. The fourth-order valence-electron chi connectivity index (χ4n) is 3.60. The molecule has 11 nitrogen and oxygen atoms in total. The Labute approximate surface area is 186 Å². The average molecular weight is 451 g/mol. The number of piperidine rings is 1. The Morgan fingerprint density at radius 2 is 2.12 bits per heavy atom. The van der Waals surface area contributed by atoms with Crippen molar-refractivity contribution in [2.24, 2.45) is 11.6 Å². The number of anilines is 2. The summed E-state index contributed by atoms with van der Waals surface area (Å²) in [5, 5.41) is 17.9. The summed E-state index contributed by atoms with van der Waals surface area (Å²) >= 11 is 0. The summed E-state index contributed by atoms with van der Waals surface area (Å²) in [5.74, 6) is 5.05. The van der Waals surface area contributed by atoms with E-state index in [0.29, 0.717) is 38.3 Å². The van der Waals surface area contributed by atoms with Crippen LogP contribution in [0.5, 0.6) is 0 Å². The Bertz CT molecular complexity index is 891. The number of halogens is 1. The fourth-order valence-corrected chi connectivity index (χ4v) is 3.60. The molecular formula is C20H31FN8O3. The number of rotatable bonds is 10. The largest absolute Gasteiger partial charge is 0.365 e. The molecule has 1 aromatic carbocycles. The van der Waals surface area contributed by atoms with Crippen LogP contribution in [0.1, 0.15) is 22.8 Å². The highest BCUT2D eigenvalue weighted by Gasteiger charge is 2.34. The van der Waals surface area contributed by atoms with Crippen molar-refractivity contribution in [3.05, 3.63) is 41.8 Å². The first-order valence-corrected chi connectivity index (χ1v) is 10.3. The van der Waals surface area contributed by atoms with E-state index >= 15 is 0 Å². The van der Waals surface area contributed by atoms with Crippen molar-refractivity contribution in [1.29, 1.82) is 0 Å². The van der Waals surface area contributed by atoms with E-state index in [1.54, 1.807) is 27.9 Å². The van der Waals surface area contributed by atoms with E-state index in [9.17, 15) is 14.3 Å². The SMILES string of the molecule is CN(C)CCO[C@@H](O)N1CC[C@@H](n2cc(C(N)=O)c(Nc3ccc(F)cc3)n2)[C@H](NN)C1. The predicted octanol–water partition coefficient (Wildman–Crippen LogP) is -0.202. The molecule has 3 atom stereocenters. The molecule has 12 heteroatoms. The van der Waals surface area contributed by atoms with Crippen molar-refractivity contribution in [2.75, 3.05) is 45.7 Å². The Balaban J connectivity index is 1.71. The van der Waals surface area contributed by atoms with Gasteiger partial charge in [-0.3, -0.25) is 25.6 Å². The van der Waals surface area contributed by atoms with Crippen LogP contribution in [0.3, 0.4) is 0 Å². The smallest absolute Gasteiger partial charge is 0.254 e. The van der Waals surface area contributed by atoms with E-state index in [4.69, 9.17) is 16.3 Å². The summed E-state index contributed by atoms with van der Waals surface area (Å²) in [6.45, 7) is 2.04. The lowest BCUT2D eigenvalue weighted by Gasteiger charge is -2.39. The van der Waals surface area contributed by atoms with Crippen molar-refractivity contribution >= 4 is 17.4 Å². The van der Waals surface area contributed by atoms with E-state index in [1.807, 2.05) is 19.0 Å². The highest BCUT2D eigenvalue weighted by atomic mass is 19.1. The Morgan fingerprint density at radius 3 is 2.75 bits per heavy atom. The van der Waals surface area contributed by atoms with Crippen LogP contribution in [0, 0.1) is 5.82 Å². The maximum Gasteiger partial charge on any atom is 0.254 e. The number of hydrazine groups is 1. The van der Waals surface area contributed by atoms with Crippen molar-refractivity contribution < 1.29 is 19.0 Å². The lowest BCUT2D eigenvalue weighted by atomic mass is 10.0. The van der Waals surface area contributed by atoms with Gasteiger partial charge in [0.25, 0.3) is 5.91 Å². The topological polar surface area (TPSA) is 147 Å². The molecule has 176 valence electrons. The molecule has 1 amide bonds. The second-order valence-corrected chi connectivity index (χ2v) is 7.99. The molecule has 1 fully saturated rings. The molecule has 32 heavy (non-hydrogen) atoms. The van der Waals surface area contributed by atoms with Crippen LogP contribution in [-0.2, 0) is 4.74 Å². The minimum absolute atomic E-state index is 0.188. The summed E-state index contributed by atoms with van der Waals surface area (Å²) in [6.07, 6.45) is 1.13. The molecule has 2 aromatic rings. The first-order valence-electron chi connectivity index (χ1n) is 10.3. The molecule has 2 heterocycles. The van der Waals surface area contributed by atoms with Crippen molar-refractivity contribution in [2.45, 2.75) is 24.9 Å². The summed E-state index contributed by atoms with van der Waals surface area (Å²) in [6, 6.07) is 5.24. The van der Waals surface area contributed by atoms with Gasteiger partial charge in [0, 0.05) is 31.5 Å².